The number of nitrogens with zero attached hydrogens (tertiary/aromatic N) is 1. The van der Waals surface area contributed by atoms with Crippen molar-refractivity contribution in [1.82, 2.24) is 15.8 Å². The number of para-hydroxylation sites is 1. The number of ether oxygens (including phenoxy) is 1. The van der Waals surface area contributed by atoms with E-state index in [4.69, 9.17) is 9.72 Å². The summed E-state index contributed by atoms with van der Waals surface area (Å²) in [5, 5.41) is 4.47. The van der Waals surface area contributed by atoms with Gasteiger partial charge in [-0.25, -0.2) is 9.78 Å². The molecule has 0 saturated heterocycles. The molecule has 0 unspecified atom stereocenters. The molecule has 3 aromatic heterocycles. The summed E-state index contributed by atoms with van der Waals surface area (Å²) in [4.78, 5) is 43.7. The number of hydrogen-bond acceptors (Lipinski definition) is 7. The Morgan fingerprint density at radius 2 is 1.79 bits per heavy atom. The summed E-state index contributed by atoms with van der Waals surface area (Å²) >= 11 is 2.90. The predicted molar refractivity (Wildman–Crippen MR) is 132 cm³/mol. The third kappa shape index (κ3) is 4.48. The number of carbonyl (C=O) groups is 3. The van der Waals surface area contributed by atoms with Crippen LogP contribution in [0.2, 0.25) is 0 Å². The monoisotopic (exact) mass is 489 g/mol. The van der Waals surface area contributed by atoms with Gasteiger partial charge >= 0.3 is 5.97 Å². The smallest absolute Gasteiger partial charge is 0.339 e. The maximum absolute atomic E-state index is 13.1. The van der Waals surface area contributed by atoms with Gasteiger partial charge in [-0.05, 0) is 59.0 Å². The number of carbonyl (C=O) groups excluding carboxylic acids is 3. The predicted octanol–water partition coefficient (Wildman–Crippen LogP) is 4.46. The molecule has 0 bridgehead atoms. The normalized spacial score (nSPS) is 13.6. The summed E-state index contributed by atoms with van der Waals surface area (Å²) in [6, 6.07) is 14.8. The molecule has 1 aliphatic carbocycles. The van der Waals surface area contributed by atoms with Gasteiger partial charge in [-0.15, -0.1) is 22.7 Å². The molecule has 34 heavy (non-hydrogen) atoms. The van der Waals surface area contributed by atoms with Crippen molar-refractivity contribution in [2.75, 3.05) is 6.61 Å². The molecule has 7 nitrogen and oxygen atoms in total. The van der Waals surface area contributed by atoms with Gasteiger partial charge in [0.05, 0.1) is 21.7 Å². The number of hydrazine groups is 1. The van der Waals surface area contributed by atoms with Crippen molar-refractivity contribution in [2.24, 2.45) is 0 Å². The van der Waals surface area contributed by atoms with Crippen molar-refractivity contribution in [3.05, 3.63) is 85.9 Å². The highest BCUT2D eigenvalue weighted by molar-refractivity contribution is 7.12. The Balaban J connectivity index is 1.35. The third-order valence-electron chi connectivity index (χ3n) is 5.40. The topological polar surface area (TPSA) is 97.4 Å². The van der Waals surface area contributed by atoms with Crippen LogP contribution in [0.5, 0.6) is 0 Å². The van der Waals surface area contributed by atoms with Gasteiger partial charge in [-0.1, -0.05) is 30.3 Å². The van der Waals surface area contributed by atoms with Crippen LogP contribution in [0.4, 0.5) is 0 Å². The zero-order valence-corrected chi connectivity index (χ0v) is 19.5. The van der Waals surface area contributed by atoms with Gasteiger partial charge in [-0.3, -0.25) is 20.4 Å². The first-order chi connectivity index (χ1) is 16.6. The number of nitrogens with one attached hydrogen (secondary N) is 2. The van der Waals surface area contributed by atoms with Crippen molar-refractivity contribution in [3.8, 4) is 0 Å². The van der Waals surface area contributed by atoms with E-state index in [-0.39, 0.29) is 0 Å². The van der Waals surface area contributed by atoms with Crippen LogP contribution < -0.4 is 10.9 Å². The van der Waals surface area contributed by atoms with E-state index < -0.39 is 24.4 Å². The maximum atomic E-state index is 13.1. The highest BCUT2D eigenvalue weighted by Gasteiger charge is 2.28. The van der Waals surface area contributed by atoms with Crippen LogP contribution in [0.15, 0.2) is 59.3 Å². The fourth-order valence-electron chi connectivity index (χ4n) is 3.89. The Morgan fingerprint density at radius 3 is 2.59 bits per heavy atom. The van der Waals surface area contributed by atoms with Crippen LogP contribution in [-0.4, -0.2) is 29.4 Å². The lowest BCUT2D eigenvalue weighted by atomic mass is 10.0. The molecule has 0 radical (unpaired) electrons. The van der Waals surface area contributed by atoms with Gasteiger partial charge in [0.15, 0.2) is 6.61 Å². The van der Waals surface area contributed by atoms with Gasteiger partial charge in [0.1, 0.15) is 0 Å². The number of benzene rings is 1. The number of pyridine rings is 1. The third-order valence-corrected chi connectivity index (χ3v) is 7.09. The number of hydrogen-bond donors (Lipinski definition) is 2. The van der Waals surface area contributed by atoms with Crippen LogP contribution >= 0.6 is 22.7 Å². The standard InChI is InChI=1S/C25H19N3O4S2/c29-21(27-28-24(30)20-8-4-12-34-20)14-32-25(31)22-17-6-1-2-7-19(17)26-23-15(9-10-18(22)23)13-16-5-3-11-33-16/h1-8,11-13H,9-10,14H2,(H,27,29)(H,28,30)/b15-13+. The second kappa shape index (κ2) is 9.58. The molecule has 0 saturated carbocycles. The number of thiophene rings is 2. The number of amides is 2. The Bertz CT molecular complexity index is 1410. The SMILES string of the molecule is O=C(COC(=O)c1c2c(nc3ccccc13)/C(=C/c1cccs1)CC2)NNC(=O)c1cccs1. The molecule has 1 aliphatic rings. The Morgan fingerprint density at radius 1 is 0.971 bits per heavy atom. The highest BCUT2D eigenvalue weighted by atomic mass is 32.1. The van der Waals surface area contributed by atoms with Crippen LogP contribution in [0, 0.1) is 0 Å². The molecule has 2 amide bonds. The van der Waals surface area contributed by atoms with Crippen LogP contribution in [0.3, 0.4) is 0 Å². The Hall–Kier alpha value is -3.82. The summed E-state index contributed by atoms with van der Waals surface area (Å²) in [6.07, 6.45) is 3.54. The first-order valence-electron chi connectivity index (χ1n) is 10.6. The Kier molecular flexibility index (Phi) is 6.20. The van der Waals surface area contributed by atoms with Crippen LogP contribution in [0.1, 0.15) is 42.6 Å². The van der Waals surface area contributed by atoms with Crippen LogP contribution in [-0.2, 0) is 16.0 Å². The van der Waals surface area contributed by atoms with Crippen molar-refractivity contribution < 1.29 is 19.1 Å². The van der Waals surface area contributed by atoms with Crippen molar-refractivity contribution in [2.45, 2.75) is 12.8 Å². The number of esters is 1. The molecule has 1 aromatic carbocycles. The van der Waals surface area contributed by atoms with Gasteiger partial charge in [0, 0.05) is 10.3 Å². The molecular weight excluding hydrogens is 470 g/mol. The molecule has 0 atom stereocenters. The lowest BCUT2D eigenvalue weighted by molar-refractivity contribution is -0.125. The van der Waals surface area contributed by atoms with Gasteiger partial charge < -0.3 is 4.74 Å². The molecule has 170 valence electrons. The lowest BCUT2D eigenvalue weighted by Crippen LogP contribution is -2.43. The summed E-state index contributed by atoms with van der Waals surface area (Å²) in [5.41, 5.74) is 8.41. The van der Waals surface area contributed by atoms with E-state index in [1.54, 1.807) is 28.8 Å². The first kappa shape index (κ1) is 22.0. The number of allylic oxidation sites excluding steroid dienone is 1. The summed E-state index contributed by atoms with van der Waals surface area (Å²) in [7, 11) is 0. The second-order valence-corrected chi connectivity index (χ2v) is 9.50. The number of aromatic nitrogens is 1. The fraction of sp³-hybridized carbons (Fsp3) is 0.120. The average molecular weight is 490 g/mol. The highest BCUT2D eigenvalue weighted by Crippen LogP contribution is 2.38. The largest absolute Gasteiger partial charge is 0.452 e. The number of rotatable bonds is 5. The molecule has 0 aliphatic heterocycles. The molecule has 0 spiro atoms. The minimum absolute atomic E-state index is 0.433. The van der Waals surface area contributed by atoms with E-state index in [0.29, 0.717) is 27.8 Å². The molecular formula is C25H19N3O4S2. The summed E-state index contributed by atoms with van der Waals surface area (Å²) in [6.45, 7) is -0.521. The second-order valence-electron chi connectivity index (χ2n) is 7.57. The minimum atomic E-state index is -0.633. The maximum Gasteiger partial charge on any atom is 0.339 e. The minimum Gasteiger partial charge on any atom is -0.452 e. The molecule has 0 fully saturated rings. The number of fused-ring (bicyclic) bond motifs is 2. The molecule has 3 heterocycles. The molecule has 4 aromatic rings. The van der Waals surface area contributed by atoms with Gasteiger partial charge in [-0.2, -0.15) is 0 Å². The van der Waals surface area contributed by atoms with E-state index >= 15 is 0 Å². The van der Waals surface area contributed by atoms with Crippen molar-refractivity contribution in [1.29, 1.82) is 0 Å². The zero-order chi connectivity index (χ0) is 23.5. The van der Waals surface area contributed by atoms with Crippen molar-refractivity contribution >= 4 is 63.0 Å². The average Bonchev–Trinajstić information content (AvgIpc) is 3.63. The summed E-state index contributed by atoms with van der Waals surface area (Å²) < 4.78 is 5.34. The summed E-state index contributed by atoms with van der Waals surface area (Å²) in [5.74, 6) is -1.66. The van der Waals surface area contributed by atoms with E-state index in [1.807, 2.05) is 41.8 Å². The van der Waals surface area contributed by atoms with E-state index in [9.17, 15) is 14.4 Å². The van der Waals surface area contributed by atoms with Crippen LogP contribution in [0.25, 0.3) is 22.6 Å². The molecule has 2 N–H and O–H groups in total. The Labute approximate surface area is 203 Å². The lowest BCUT2D eigenvalue weighted by Gasteiger charge is -2.12. The van der Waals surface area contributed by atoms with E-state index in [2.05, 4.69) is 16.9 Å². The quantitative estimate of drug-likeness (QED) is 0.319. The zero-order valence-electron chi connectivity index (χ0n) is 17.9. The van der Waals surface area contributed by atoms with Gasteiger partial charge in [0.2, 0.25) is 0 Å². The first-order valence-corrected chi connectivity index (χ1v) is 12.3. The molecule has 5 rings (SSSR count). The molecule has 9 heteroatoms. The van der Waals surface area contributed by atoms with Gasteiger partial charge in [0.25, 0.3) is 11.8 Å². The van der Waals surface area contributed by atoms with E-state index in [1.165, 1.54) is 11.3 Å². The van der Waals surface area contributed by atoms with Crippen molar-refractivity contribution in [3.63, 3.8) is 0 Å². The fourth-order valence-corrected chi connectivity index (χ4v) is 5.19. The van der Waals surface area contributed by atoms with E-state index in [0.717, 1.165) is 28.1 Å².